The topological polar surface area (TPSA) is 21.3 Å². The lowest BCUT2D eigenvalue weighted by atomic mass is 9.98. The normalized spacial score (nSPS) is 20.7. The number of hydrogen-bond donors (Lipinski definition) is 1. The SMILES string of the molecule is COc1cccc(CC[C@@H]2CCCCN2)c1. The average Bonchev–Trinajstić information content (AvgIpc) is 2.38. The van der Waals surface area contributed by atoms with Gasteiger partial charge in [-0.3, -0.25) is 0 Å². The second-order valence-electron chi connectivity index (χ2n) is 4.54. The number of benzene rings is 1. The molecule has 0 bridgehead atoms. The zero-order chi connectivity index (χ0) is 11.2. The van der Waals surface area contributed by atoms with Crippen molar-refractivity contribution in [1.29, 1.82) is 0 Å². The predicted octanol–water partition coefficient (Wildman–Crippen LogP) is 2.77. The molecule has 1 aliphatic rings. The van der Waals surface area contributed by atoms with E-state index in [1.54, 1.807) is 7.11 Å². The number of hydrogen-bond acceptors (Lipinski definition) is 2. The molecule has 0 amide bonds. The van der Waals surface area contributed by atoms with Crippen LogP contribution in [-0.2, 0) is 6.42 Å². The van der Waals surface area contributed by atoms with E-state index in [1.807, 2.05) is 6.07 Å². The first-order valence-corrected chi connectivity index (χ1v) is 6.25. The molecular formula is C14H21NO. The maximum Gasteiger partial charge on any atom is 0.119 e. The van der Waals surface area contributed by atoms with Crippen LogP contribution in [0.5, 0.6) is 5.75 Å². The van der Waals surface area contributed by atoms with Crippen LogP contribution in [0.15, 0.2) is 24.3 Å². The molecule has 0 aromatic heterocycles. The first kappa shape index (κ1) is 11.5. The van der Waals surface area contributed by atoms with Crippen molar-refractivity contribution in [2.45, 2.75) is 38.1 Å². The summed E-state index contributed by atoms with van der Waals surface area (Å²) < 4.78 is 5.23. The molecule has 1 heterocycles. The van der Waals surface area contributed by atoms with Gasteiger partial charge in [0.15, 0.2) is 0 Å². The summed E-state index contributed by atoms with van der Waals surface area (Å²) in [5.41, 5.74) is 1.38. The maximum atomic E-state index is 5.23. The van der Waals surface area contributed by atoms with Crippen LogP contribution in [0.3, 0.4) is 0 Å². The highest BCUT2D eigenvalue weighted by molar-refractivity contribution is 5.28. The van der Waals surface area contributed by atoms with Crippen molar-refractivity contribution in [1.82, 2.24) is 5.32 Å². The third kappa shape index (κ3) is 3.24. The van der Waals surface area contributed by atoms with Crippen molar-refractivity contribution in [2.75, 3.05) is 13.7 Å². The average molecular weight is 219 g/mol. The molecule has 0 saturated carbocycles. The number of piperidine rings is 1. The second-order valence-corrected chi connectivity index (χ2v) is 4.54. The van der Waals surface area contributed by atoms with Gasteiger partial charge in [-0.25, -0.2) is 0 Å². The van der Waals surface area contributed by atoms with E-state index < -0.39 is 0 Å². The Bertz CT molecular complexity index is 318. The van der Waals surface area contributed by atoms with Crippen molar-refractivity contribution in [3.63, 3.8) is 0 Å². The summed E-state index contributed by atoms with van der Waals surface area (Å²) in [6, 6.07) is 9.12. The van der Waals surface area contributed by atoms with Crippen LogP contribution in [0.25, 0.3) is 0 Å². The largest absolute Gasteiger partial charge is 0.497 e. The van der Waals surface area contributed by atoms with Gasteiger partial charge in [0.25, 0.3) is 0 Å². The van der Waals surface area contributed by atoms with Crippen LogP contribution in [0.2, 0.25) is 0 Å². The summed E-state index contributed by atoms with van der Waals surface area (Å²) in [6.45, 7) is 1.20. The standard InChI is InChI=1S/C14H21NO/c1-16-14-7-4-5-12(11-14)8-9-13-6-2-3-10-15-13/h4-5,7,11,13,15H,2-3,6,8-10H2,1H3/t13-/m0/s1. The van der Waals surface area contributed by atoms with Gasteiger partial charge in [0.05, 0.1) is 7.11 Å². The number of ether oxygens (including phenoxy) is 1. The Balaban J connectivity index is 1.83. The van der Waals surface area contributed by atoms with E-state index in [1.165, 1.54) is 37.8 Å². The molecule has 0 aliphatic carbocycles. The van der Waals surface area contributed by atoms with Crippen molar-refractivity contribution < 1.29 is 4.74 Å². The monoisotopic (exact) mass is 219 g/mol. The lowest BCUT2D eigenvalue weighted by Crippen LogP contribution is -2.34. The fourth-order valence-corrected chi connectivity index (χ4v) is 2.34. The van der Waals surface area contributed by atoms with Crippen LogP contribution >= 0.6 is 0 Å². The summed E-state index contributed by atoms with van der Waals surface area (Å²) in [5, 5.41) is 3.59. The van der Waals surface area contributed by atoms with E-state index in [0.29, 0.717) is 0 Å². The van der Waals surface area contributed by atoms with Crippen LogP contribution in [0.4, 0.5) is 0 Å². The van der Waals surface area contributed by atoms with Crippen molar-refractivity contribution >= 4 is 0 Å². The molecule has 1 aliphatic heterocycles. The molecule has 1 saturated heterocycles. The van der Waals surface area contributed by atoms with Gasteiger partial charge in [-0.1, -0.05) is 18.6 Å². The molecule has 2 heteroatoms. The van der Waals surface area contributed by atoms with Gasteiger partial charge in [-0.15, -0.1) is 0 Å². The highest BCUT2D eigenvalue weighted by atomic mass is 16.5. The molecule has 16 heavy (non-hydrogen) atoms. The Morgan fingerprint density at radius 3 is 3.06 bits per heavy atom. The summed E-state index contributed by atoms with van der Waals surface area (Å²) in [4.78, 5) is 0. The molecule has 2 nitrogen and oxygen atoms in total. The van der Waals surface area contributed by atoms with Crippen molar-refractivity contribution in [2.24, 2.45) is 0 Å². The first-order chi connectivity index (χ1) is 7.88. The molecule has 1 fully saturated rings. The van der Waals surface area contributed by atoms with Gasteiger partial charge in [0.2, 0.25) is 0 Å². The Hall–Kier alpha value is -1.02. The molecule has 0 spiro atoms. The van der Waals surface area contributed by atoms with Crippen LogP contribution in [0.1, 0.15) is 31.2 Å². The Morgan fingerprint density at radius 1 is 1.38 bits per heavy atom. The van der Waals surface area contributed by atoms with Crippen molar-refractivity contribution in [3.05, 3.63) is 29.8 Å². The van der Waals surface area contributed by atoms with Gasteiger partial charge in [0.1, 0.15) is 5.75 Å². The Kier molecular flexibility index (Phi) is 4.23. The minimum Gasteiger partial charge on any atom is -0.497 e. The Morgan fingerprint density at radius 2 is 2.31 bits per heavy atom. The Labute approximate surface area is 98.0 Å². The molecule has 88 valence electrons. The minimum absolute atomic E-state index is 0.722. The van der Waals surface area contributed by atoms with E-state index in [0.717, 1.165) is 18.2 Å². The first-order valence-electron chi connectivity index (χ1n) is 6.25. The van der Waals surface area contributed by atoms with Crippen LogP contribution in [0, 0.1) is 0 Å². The fraction of sp³-hybridized carbons (Fsp3) is 0.571. The fourth-order valence-electron chi connectivity index (χ4n) is 2.34. The zero-order valence-electron chi connectivity index (χ0n) is 10.0. The van der Waals surface area contributed by atoms with E-state index in [2.05, 4.69) is 23.5 Å². The second kappa shape index (κ2) is 5.90. The molecule has 0 radical (unpaired) electrons. The van der Waals surface area contributed by atoms with Gasteiger partial charge in [-0.05, 0) is 49.9 Å². The van der Waals surface area contributed by atoms with E-state index in [-0.39, 0.29) is 0 Å². The molecule has 1 atom stereocenters. The molecule has 1 aromatic carbocycles. The summed E-state index contributed by atoms with van der Waals surface area (Å²) >= 11 is 0. The third-order valence-electron chi connectivity index (χ3n) is 3.33. The predicted molar refractivity (Wildman–Crippen MR) is 67.0 cm³/mol. The van der Waals surface area contributed by atoms with E-state index in [4.69, 9.17) is 4.74 Å². The third-order valence-corrected chi connectivity index (χ3v) is 3.33. The highest BCUT2D eigenvalue weighted by Gasteiger charge is 2.11. The minimum atomic E-state index is 0.722. The lowest BCUT2D eigenvalue weighted by molar-refractivity contribution is 0.382. The smallest absolute Gasteiger partial charge is 0.119 e. The van der Waals surface area contributed by atoms with Gasteiger partial charge in [0, 0.05) is 6.04 Å². The number of rotatable bonds is 4. The van der Waals surface area contributed by atoms with Gasteiger partial charge in [-0.2, -0.15) is 0 Å². The highest BCUT2D eigenvalue weighted by Crippen LogP contribution is 2.17. The number of methoxy groups -OCH3 is 1. The lowest BCUT2D eigenvalue weighted by Gasteiger charge is -2.23. The molecule has 1 aromatic rings. The van der Waals surface area contributed by atoms with E-state index >= 15 is 0 Å². The van der Waals surface area contributed by atoms with Gasteiger partial charge >= 0.3 is 0 Å². The molecular weight excluding hydrogens is 198 g/mol. The molecule has 0 unspecified atom stereocenters. The summed E-state index contributed by atoms with van der Waals surface area (Å²) in [6.07, 6.45) is 6.46. The zero-order valence-corrected chi connectivity index (χ0v) is 10.0. The van der Waals surface area contributed by atoms with Crippen LogP contribution in [-0.4, -0.2) is 19.7 Å². The summed E-state index contributed by atoms with van der Waals surface area (Å²) in [5.74, 6) is 0.967. The van der Waals surface area contributed by atoms with E-state index in [9.17, 15) is 0 Å². The number of nitrogens with one attached hydrogen (secondary N) is 1. The number of aryl methyl sites for hydroxylation is 1. The maximum absolute atomic E-state index is 5.23. The molecule has 1 N–H and O–H groups in total. The van der Waals surface area contributed by atoms with Crippen LogP contribution < -0.4 is 10.1 Å². The quantitative estimate of drug-likeness (QED) is 0.840. The molecule has 2 rings (SSSR count). The van der Waals surface area contributed by atoms with Gasteiger partial charge < -0.3 is 10.1 Å². The summed E-state index contributed by atoms with van der Waals surface area (Å²) in [7, 11) is 1.72. The van der Waals surface area contributed by atoms with Crippen molar-refractivity contribution in [3.8, 4) is 5.75 Å².